The molecule has 9 heteroatoms. The minimum Gasteiger partial charge on any atom is -0.340 e. The maximum atomic E-state index is 13.1. The van der Waals surface area contributed by atoms with Crippen LogP contribution in [0.5, 0.6) is 0 Å². The fraction of sp³-hybridized carbons (Fsp3) is 0.125. The third kappa shape index (κ3) is 2.87. The van der Waals surface area contributed by atoms with Gasteiger partial charge in [0.2, 0.25) is 0 Å². The number of nitrogens with one attached hydrogen (secondary N) is 2. The SMILES string of the molecule is CNC(=O)NS(=O)(=O)c1cc(F)c(F)cc1F. The van der Waals surface area contributed by atoms with Crippen LogP contribution in [-0.4, -0.2) is 21.5 Å². The maximum Gasteiger partial charge on any atom is 0.328 e. The predicted molar refractivity (Wildman–Crippen MR) is 51.1 cm³/mol. The highest BCUT2D eigenvalue weighted by Gasteiger charge is 2.23. The summed E-state index contributed by atoms with van der Waals surface area (Å²) in [4.78, 5) is 9.62. The molecule has 0 aromatic heterocycles. The van der Waals surface area contributed by atoms with Crippen LogP contribution in [0.15, 0.2) is 17.0 Å². The first-order valence-electron chi connectivity index (χ1n) is 4.17. The molecule has 0 aliphatic rings. The van der Waals surface area contributed by atoms with Crippen LogP contribution < -0.4 is 10.0 Å². The van der Waals surface area contributed by atoms with Crippen molar-refractivity contribution in [3.63, 3.8) is 0 Å². The molecule has 1 aromatic carbocycles. The average Bonchev–Trinajstić information content (AvgIpc) is 2.22. The Labute approximate surface area is 94.7 Å². The highest BCUT2D eigenvalue weighted by atomic mass is 32.2. The van der Waals surface area contributed by atoms with Gasteiger partial charge in [-0.3, -0.25) is 0 Å². The Morgan fingerprint density at radius 3 is 2.18 bits per heavy atom. The van der Waals surface area contributed by atoms with E-state index in [0.717, 1.165) is 7.05 Å². The molecule has 0 unspecified atom stereocenters. The molecule has 2 N–H and O–H groups in total. The van der Waals surface area contributed by atoms with Gasteiger partial charge in [-0.2, -0.15) is 0 Å². The Balaban J connectivity index is 3.25. The van der Waals surface area contributed by atoms with Gasteiger partial charge in [0.15, 0.2) is 11.6 Å². The van der Waals surface area contributed by atoms with Gasteiger partial charge < -0.3 is 5.32 Å². The highest BCUT2D eigenvalue weighted by Crippen LogP contribution is 2.18. The van der Waals surface area contributed by atoms with Crippen molar-refractivity contribution in [2.24, 2.45) is 0 Å². The van der Waals surface area contributed by atoms with Gasteiger partial charge >= 0.3 is 6.03 Å². The molecule has 1 aromatic rings. The summed E-state index contributed by atoms with van der Waals surface area (Å²) in [5.41, 5.74) is 0. The molecule has 0 bridgehead atoms. The lowest BCUT2D eigenvalue weighted by molar-refractivity contribution is 0.247. The van der Waals surface area contributed by atoms with Crippen molar-refractivity contribution in [3.8, 4) is 0 Å². The third-order valence-corrected chi connectivity index (χ3v) is 3.06. The number of hydrogen-bond donors (Lipinski definition) is 2. The van der Waals surface area contributed by atoms with E-state index in [1.54, 1.807) is 0 Å². The second kappa shape index (κ2) is 4.62. The Kier molecular flexibility index (Phi) is 3.61. The summed E-state index contributed by atoms with van der Waals surface area (Å²) in [7, 11) is -3.45. The summed E-state index contributed by atoms with van der Waals surface area (Å²) < 4.78 is 62.6. The highest BCUT2D eigenvalue weighted by molar-refractivity contribution is 7.90. The van der Waals surface area contributed by atoms with E-state index in [4.69, 9.17) is 0 Å². The molecule has 0 saturated carbocycles. The molecule has 0 radical (unpaired) electrons. The predicted octanol–water partition coefficient (Wildman–Crippen LogP) is 0.722. The first-order valence-corrected chi connectivity index (χ1v) is 5.65. The van der Waals surface area contributed by atoms with Gasteiger partial charge in [-0.15, -0.1) is 0 Å². The fourth-order valence-corrected chi connectivity index (χ4v) is 1.97. The van der Waals surface area contributed by atoms with Crippen molar-refractivity contribution in [1.29, 1.82) is 0 Å². The molecule has 0 heterocycles. The minimum atomic E-state index is -4.59. The van der Waals surface area contributed by atoms with Crippen molar-refractivity contribution in [2.75, 3.05) is 7.05 Å². The second-order valence-electron chi connectivity index (χ2n) is 2.88. The quantitative estimate of drug-likeness (QED) is 0.776. The molecule has 0 aliphatic heterocycles. The smallest absolute Gasteiger partial charge is 0.328 e. The van der Waals surface area contributed by atoms with Crippen molar-refractivity contribution in [1.82, 2.24) is 10.0 Å². The van der Waals surface area contributed by atoms with Crippen LogP contribution >= 0.6 is 0 Å². The van der Waals surface area contributed by atoms with Crippen LogP contribution in [0.3, 0.4) is 0 Å². The molecule has 0 aliphatic carbocycles. The van der Waals surface area contributed by atoms with E-state index in [1.807, 2.05) is 5.32 Å². The van der Waals surface area contributed by atoms with E-state index in [-0.39, 0.29) is 12.1 Å². The van der Waals surface area contributed by atoms with Crippen LogP contribution in [0, 0.1) is 17.5 Å². The standard InChI is InChI=1S/C8H7F3N2O3S/c1-12-8(14)13-17(15,16)7-3-5(10)4(9)2-6(7)11/h2-3H,1H3,(H2,12,13,14). The van der Waals surface area contributed by atoms with Gasteiger partial charge in [-0.05, 0) is 0 Å². The van der Waals surface area contributed by atoms with Crippen LogP contribution in [0.2, 0.25) is 0 Å². The maximum absolute atomic E-state index is 13.1. The number of hydrogen-bond acceptors (Lipinski definition) is 3. The molecule has 0 saturated heterocycles. The minimum absolute atomic E-state index is 0.0771. The summed E-state index contributed by atoms with van der Waals surface area (Å²) >= 11 is 0. The van der Waals surface area contributed by atoms with E-state index in [9.17, 15) is 26.4 Å². The molecule has 2 amide bonds. The average molecular weight is 268 g/mol. The number of urea groups is 1. The Morgan fingerprint density at radius 2 is 1.65 bits per heavy atom. The van der Waals surface area contributed by atoms with Crippen LogP contribution in [0.1, 0.15) is 0 Å². The molecule has 1 rings (SSSR count). The second-order valence-corrected chi connectivity index (χ2v) is 4.53. The van der Waals surface area contributed by atoms with Crippen molar-refractivity contribution >= 4 is 16.1 Å². The number of benzene rings is 1. The summed E-state index contributed by atoms with van der Waals surface area (Å²) in [6, 6.07) is -0.905. The molecule has 5 nitrogen and oxygen atoms in total. The summed E-state index contributed by atoms with van der Waals surface area (Å²) in [6.45, 7) is 0. The molecule has 0 fully saturated rings. The number of sulfonamides is 1. The van der Waals surface area contributed by atoms with Gasteiger partial charge in [0, 0.05) is 19.2 Å². The molecular weight excluding hydrogens is 261 g/mol. The van der Waals surface area contributed by atoms with E-state index < -0.39 is 38.4 Å². The lowest BCUT2D eigenvalue weighted by Crippen LogP contribution is -2.37. The van der Waals surface area contributed by atoms with Crippen LogP contribution in [-0.2, 0) is 10.0 Å². The van der Waals surface area contributed by atoms with Gasteiger partial charge in [0.1, 0.15) is 10.7 Å². The van der Waals surface area contributed by atoms with E-state index in [1.165, 1.54) is 4.72 Å². The zero-order valence-corrected chi connectivity index (χ0v) is 9.24. The topological polar surface area (TPSA) is 75.3 Å². The van der Waals surface area contributed by atoms with Gasteiger partial charge in [0.05, 0.1) is 0 Å². The molecule has 0 atom stereocenters. The summed E-state index contributed by atoms with van der Waals surface area (Å²) in [5, 5.41) is 1.92. The molecule has 94 valence electrons. The summed E-state index contributed by atoms with van der Waals surface area (Å²) in [6.07, 6.45) is 0. The van der Waals surface area contributed by atoms with Crippen molar-refractivity contribution < 1.29 is 26.4 Å². The van der Waals surface area contributed by atoms with Gasteiger partial charge in [-0.1, -0.05) is 0 Å². The Morgan fingerprint density at radius 1 is 1.12 bits per heavy atom. The number of rotatable bonds is 2. The van der Waals surface area contributed by atoms with Crippen molar-refractivity contribution in [3.05, 3.63) is 29.6 Å². The van der Waals surface area contributed by atoms with E-state index >= 15 is 0 Å². The van der Waals surface area contributed by atoms with E-state index in [0.29, 0.717) is 0 Å². The monoisotopic (exact) mass is 268 g/mol. The lowest BCUT2D eigenvalue weighted by Gasteiger charge is -2.07. The molecule has 17 heavy (non-hydrogen) atoms. The van der Waals surface area contributed by atoms with Crippen molar-refractivity contribution in [2.45, 2.75) is 4.90 Å². The van der Waals surface area contributed by atoms with Crippen LogP contribution in [0.4, 0.5) is 18.0 Å². The van der Waals surface area contributed by atoms with E-state index in [2.05, 4.69) is 0 Å². The fourth-order valence-electron chi connectivity index (χ4n) is 0.938. The lowest BCUT2D eigenvalue weighted by atomic mass is 10.3. The van der Waals surface area contributed by atoms with Gasteiger partial charge in [-0.25, -0.2) is 31.1 Å². The number of amides is 2. The zero-order valence-electron chi connectivity index (χ0n) is 8.42. The summed E-state index contributed by atoms with van der Waals surface area (Å²) in [5.74, 6) is -4.56. The van der Waals surface area contributed by atoms with Crippen LogP contribution in [0.25, 0.3) is 0 Å². The number of carbonyl (C=O) groups is 1. The first-order chi connectivity index (χ1) is 7.77. The Bertz CT molecular complexity index is 559. The third-order valence-electron chi connectivity index (χ3n) is 1.72. The zero-order chi connectivity index (χ0) is 13.2. The molecule has 0 spiro atoms. The number of carbonyl (C=O) groups excluding carboxylic acids is 1. The number of halogens is 3. The first kappa shape index (κ1) is 13.3. The Hall–Kier alpha value is -1.77. The largest absolute Gasteiger partial charge is 0.340 e. The normalized spacial score (nSPS) is 11.1. The molecular formula is C8H7F3N2O3S. The van der Waals surface area contributed by atoms with Gasteiger partial charge in [0.25, 0.3) is 10.0 Å².